The summed E-state index contributed by atoms with van der Waals surface area (Å²) in [6.07, 6.45) is 2.15. The molecule has 0 unspecified atom stereocenters. The molecule has 0 saturated heterocycles. The summed E-state index contributed by atoms with van der Waals surface area (Å²) in [7, 11) is -3.54. The van der Waals surface area contributed by atoms with Gasteiger partial charge in [0, 0.05) is 39.0 Å². The molecule has 0 atom stereocenters. The Kier molecular flexibility index (Phi) is 5.79. The maximum absolute atomic E-state index is 13.2. The summed E-state index contributed by atoms with van der Waals surface area (Å²) in [5.41, 5.74) is 0.805. The van der Waals surface area contributed by atoms with Gasteiger partial charge in [-0.05, 0) is 37.5 Å². The van der Waals surface area contributed by atoms with Crippen molar-refractivity contribution in [3.8, 4) is 0 Å². The second-order valence-corrected chi connectivity index (χ2v) is 12.6. The van der Waals surface area contributed by atoms with E-state index in [1.807, 2.05) is 31.2 Å². The van der Waals surface area contributed by atoms with E-state index in [-0.39, 0.29) is 43.2 Å². The largest absolute Gasteiger partial charge is 0.348 e. The van der Waals surface area contributed by atoms with Gasteiger partial charge in [0.2, 0.25) is 5.54 Å². The molecular formula is C26H28N4O5S. The summed E-state index contributed by atoms with van der Waals surface area (Å²) in [5.74, 6) is -1.08. The normalized spacial score (nSPS) is 19.2. The molecule has 3 aliphatic rings. The van der Waals surface area contributed by atoms with Gasteiger partial charge >= 0.3 is 0 Å². The van der Waals surface area contributed by atoms with Crippen LogP contribution in [0, 0.1) is 13.5 Å². The Labute approximate surface area is 209 Å². The summed E-state index contributed by atoms with van der Waals surface area (Å²) in [6.45, 7) is 10.0. The number of aromatic nitrogens is 1. The van der Waals surface area contributed by atoms with Crippen molar-refractivity contribution in [2.45, 2.75) is 56.0 Å². The predicted molar refractivity (Wildman–Crippen MR) is 133 cm³/mol. The number of rotatable bonds is 8. The van der Waals surface area contributed by atoms with Crippen molar-refractivity contribution in [3.05, 3.63) is 80.6 Å². The molecule has 0 bridgehead atoms. The monoisotopic (exact) mass is 508 g/mol. The van der Waals surface area contributed by atoms with Gasteiger partial charge in [-0.25, -0.2) is 15.0 Å². The highest BCUT2D eigenvalue weighted by molar-refractivity contribution is 7.93. The summed E-state index contributed by atoms with van der Waals surface area (Å²) < 4.78 is 26.6. The third-order valence-electron chi connectivity index (χ3n) is 7.56. The van der Waals surface area contributed by atoms with Gasteiger partial charge in [-0.3, -0.25) is 14.4 Å². The van der Waals surface area contributed by atoms with Gasteiger partial charge in [0.25, 0.3) is 17.4 Å². The van der Waals surface area contributed by atoms with Crippen LogP contribution < -0.4 is 10.9 Å². The number of carbonyl (C=O) groups excluding carboxylic acids is 2. The fourth-order valence-corrected chi connectivity index (χ4v) is 7.22. The zero-order valence-corrected chi connectivity index (χ0v) is 20.9. The Morgan fingerprint density at radius 1 is 1.06 bits per heavy atom. The lowest BCUT2D eigenvalue weighted by molar-refractivity contribution is 0.0695. The molecular weight excluding hydrogens is 480 g/mol. The highest BCUT2D eigenvalue weighted by Gasteiger charge is 2.63. The van der Waals surface area contributed by atoms with Crippen LogP contribution in [0.4, 0.5) is 0 Å². The molecule has 0 radical (unpaired) electrons. The molecule has 10 heteroatoms. The number of sulfone groups is 1. The lowest BCUT2D eigenvalue weighted by Crippen LogP contribution is -2.50. The van der Waals surface area contributed by atoms with Crippen molar-refractivity contribution >= 4 is 21.7 Å². The number of carbonyl (C=O) groups is 2. The van der Waals surface area contributed by atoms with E-state index in [0.717, 1.165) is 11.1 Å². The van der Waals surface area contributed by atoms with Crippen LogP contribution in [0.3, 0.4) is 0 Å². The first-order chi connectivity index (χ1) is 17.1. The first-order valence-corrected chi connectivity index (χ1v) is 13.7. The molecule has 2 aliphatic carbocycles. The fraction of sp³-hybridized carbons (Fsp3) is 0.462. The Hall–Kier alpha value is -3.45. The van der Waals surface area contributed by atoms with Crippen molar-refractivity contribution in [1.29, 1.82) is 0 Å². The Bertz CT molecular complexity index is 1440. The van der Waals surface area contributed by atoms with Crippen molar-refractivity contribution in [2.75, 3.05) is 18.8 Å². The van der Waals surface area contributed by atoms with E-state index in [4.69, 9.17) is 6.57 Å². The third-order valence-corrected chi connectivity index (χ3v) is 10.3. The molecule has 2 saturated carbocycles. The second kappa shape index (κ2) is 8.59. The maximum atomic E-state index is 13.2. The van der Waals surface area contributed by atoms with E-state index in [9.17, 15) is 22.8 Å². The number of benzene rings is 1. The first-order valence-electron chi connectivity index (χ1n) is 12.1. The summed E-state index contributed by atoms with van der Waals surface area (Å²) in [4.78, 5) is 43.9. The fourth-order valence-electron chi connectivity index (χ4n) is 4.77. The number of amides is 2. The van der Waals surface area contributed by atoms with Crippen LogP contribution in [-0.2, 0) is 22.9 Å². The van der Waals surface area contributed by atoms with E-state index in [1.54, 1.807) is 0 Å². The van der Waals surface area contributed by atoms with Crippen LogP contribution in [0.1, 0.15) is 57.7 Å². The summed E-state index contributed by atoms with van der Waals surface area (Å²) in [6, 6.07) is 10.5. The van der Waals surface area contributed by atoms with E-state index in [0.29, 0.717) is 25.7 Å². The third kappa shape index (κ3) is 4.32. The molecule has 0 spiro atoms. The molecule has 1 aromatic heterocycles. The van der Waals surface area contributed by atoms with Crippen molar-refractivity contribution in [2.24, 2.45) is 0 Å². The number of nitrogens with one attached hydrogen (secondary N) is 1. The van der Waals surface area contributed by atoms with Crippen LogP contribution >= 0.6 is 0 Å². The smallest absolute Gasteiger partial charge is 0.270 e. The van der Waals surface area contributed by atoms with Gasteiger partial charge in [0.05, 0.1) is 4.75 Å². The molecule has 2 fully saturated rings. The lowest BCUT2D eigenvalue weighted by atomic mass is 10.1. The molecule has 5 rings (SSSR count). The predicted octanol–water partition coefficient (Wildman–Crippen LogP) is 1.94. The molecule has 2 aromatic rings. The number of hydrogen-bond donors (Lipinski definition) is 1. The Balaban J connectivity index is 1.29. The Morgan fingerprint density at radius 3 is 2.36 bits per heavy atom. The van der Waals surface area contributed by atoms with Crippen LogP contribution in [0.2, 0.25) is 0 Å². The van der Waals surface area contributed by atoms with Crippen molar-refractivity contribution in [3.63, 3.8) is 0 Å². The first kappa shape index (κ1) is 24.3. The van der Waals surface area contributed by atoms with Crippen LogP contribution in [-0.4, -0.2) is 58.8 Å². The number of pyridine rings is 1. The van der Waals surface area contributed by atoms with Gasteiger partial charge < -0.3 is 19.6 Å². The SMILES string of the molecule is [C-]#[N+]C1(CS(=O)(=O)C2(CN3CCn4c(ccc(C(=O)NCc5ccc(C)cc5)c4=O)C3=O)CC2)CC1. The van der Waals surface area contributed by atoms with Crippen LogP contribution in [0.5, 0.6) is 0 Å². The lowest BCUT2D eigenvalue weighted by Gasteiger charge is -2.32. The number of fused-ring (bicyclic) bond motifs is 1. The standard InChI is InChI=1S/C26H28N4O5S/c1-18-3-5-19(6-4-18)15-28-22(31)20-7-8-21-24(33)29(13-14-30(21)23(20)32)16-26(11-12-26)36(34,35)17-25(27-2)9-10-25/h3-8H,9-17H2,1H3,(H,28,31). The molecule has 2 heterocycles. The van der Waals surface area contributed by atoms with Crippen LogP contribution in [0.25, 0.3) is 4.85 Å². The van der Waals surface area contributed by atoms with E-state index >= 15 is 0 Å². The minimum Gasteiger partial charge on any atom is -0.348 e. The highest BCUT2D eigenvalue weighted by atomic mass is 32.2. The van der Waals surface area contributed by atoms with E-state index in [1.165, 1.54) is 21.6 Å². The average Bonchev–Trinajstić information content (AvgIpc) is 3.78. The summed E-state index contributed by atoms with van der Waals surface area (Å²) in [5, 5.41) is 2.75. The molecule has 9 nitrogen and oxygen atoms in total. The molecule has 36 heavy (non-hydrogen) atoms. The van der Waals surface area contributed by atoms with E-state index < -0.39 is 37.5 Å². The van der Waals surface area contributed by atoms with Gasteiger partial charge in [0.1, 0.15) is 17.0 Å². The molecule has 2 amide bonds. The number of nitrogens with zero attached hydrogens (tertiary/aromatic N) is 3. The topological polar surface area (TPSA) is 110 Å². The summed E-state index contributed by atoms with van der Waals surface area (Å²) >= 11 is 0. The maximum Gasteiger partial charge on any atom is 0.270 e. The van der Waals surface area contributed by atoms with Crippen LogP contribution in [0.15, 0.2) is 41.2 Å². The quantitative estimate of drug-likeness (QED) is 0.548. The van der Waals surface area contributed by atoms with E-state index in [2.05, 4.69) is 10.2 Å². The minimum atomic E-state index is -3.54. The molecule has 1 aliphatic heterocycles. The molecule has 1 aromatic carbocycles. The average molecular weight is 509 g/mol. The molecule has 1 N–H and O–H groups in total. The van der Waals surface area contributed by atoms with Crippen molar-refractivity contribution in [1.82, 2.24) is 14.8 Å². The number of aryl methyl sites for hydroxylation is 1. The Morgan fingerprint density at radius 2 is 1.75 bits per heavy atom. The highest BCUT2D eigenvalue weighted by Crippen LogP contribution is 2.50. The second-order valence-electron chi connectivity index (χ2n) is 10.3. The zero-order valence-electron chi connectivity index (χ0n) is 20.1. The van der Waals surface area contributed by atoms with Gasteiger partial charge in [0.15, 0.2) is 9.84 Å². The van der Waals surface area contributed by atoms with Gasteiger partial charge in [-0.2, -0.15) is 0 Å². The zero-order chi connectivity index (χ0) is 25.7. The van der Waals surface area contributed by atoms with Gasteiger partial charge in [-0.1, -0.05) is 29.8 Å². The minimum absolute atomic E-state index is 0.0396. The van der Waals surface area contributed by atoms with Crippen molar-refractivity contribution < 1.29 is 18.0 Å². The van der Waals surface area contributed by atoms with Gasteiger partial charge in [-0.15, -0.1) is 0 Å². The number of hydrogen-bond acceptors (Lipinski definition) is 5. The molecule has 188 valence electrons.